The van der Waals surface area contributed by atoms with Gasteiger partial charge in [0.25, 0.3) is 0 Å². The second-order valence-corrected chi connectivity index (χ2v) is 11.7. The van der Waals surface area contributed by atoms with Crippen molar-refractivity contribution in [2.24, 2.45) is 5.41 Å². The highest BCUT2D eigenvalue weighted by Crippen LogP contribution is 2.48. The summed E-state index contributed by atoms with van der Waals surface area (Å²) in [5, 5.41) is 14.7. The van der Waals surface area contributed by atoms with Crippen LogP contribution in [0.1, 0.15) is 72.5 Å². The molecule has 200 valence electrons. The molecule has 6 nitrogen and oxygen atoms in total. The first-order chi connectivity index (χ1) is 18.3. The maximum absolute atomic E-state index is 14.1. The van der Waals surface area contributed by atoms with Crippen LogP contribution < -0.4 is 4.90 Å². The maximum Gasteiger partial charge on any atom is 0.335 e. The van der Waals surface area contributed by atoms with E-state index in [1.54, 1.807) is 18.2 Å². The van der Waals surface area contributed by atoms with E-state index in [1.807, 2.05) is 6.07 Å². The Morgan fingerprint density at radius 1 is 1.13 bits per heavy atom. The molecule has 38 heavy (non-hydrogen) atoms. The average molecular weight is 559 g/mol. The lowest BCUT2D eigenvalue weighted by Crippen LogP contribution is -2.34. The Morgan fingerprint density at radius 3 is 2.55 bits per heavy atom. The largest absolute Gasteiger partial charge is 0.478 e. The molecule has 6 rings (SSSR count). The minimum atomic E-state index is -1.12. The van der Waals surface area contributed by atoms with Crippen LogP contribution in [0.3, 0.4) is 0 Å². The van der Waals surface area contributed by atoms with Gasteiger partial charge in [-0.05, 0) is 80.7 Å². The zero-order chi connectivity index (χ0) is 26.4. The fourth-order valence-electron chi connectivity index (χ4n) is 6.06. The Balaban J connectivity index is 1.11. The lowest BCUT2D eigenvalue weighted by Gasteiger charge is -2.37. The molecule has 1 saturated heterocycles. The van der Waals surface area contributed by atoms with Crippen molar-refractivity contribution in [2.75, 3.05) is 18.0 Å². The van der Waals surface area contributed by atoms with Crippen molar-refractivity contribution in [3.05, 3.63) is 69.1 Å². The van der Waals surface area contributed by atoms with Crippen molar-refractivity contribution in [3.63, 3.8) is 0 Å². The van der Waals surface area contributed by atoms with Gasteiger partial charge < -0.3 is 19.3 Å². The Morgan fingerprint density at radius 2 is 1.87 bits per heavy atom. The minimum absolute atomic E-state index is 0.0187. The van der Waals surface area contributed by atoms with Gasteiger partial charge in [0.15, 0.2) is 0 Å². The number of carbonyl (C=O) groups is 1. The minimum Gasteiger partial charge on any atom is -0.478 e. The molecule has 0 unspecified atom stereocenters. The van der Waals surface area contributed by atoms with Gasteiger partial charge in [-0.1, -0.05) is 34.4 Å². The van der Waals surface area contributed by atoms with Gasteiger partial charge in [0.1, 0.15) is 17.3 Å². The van der Waals surface area contributed by atoms with Crippen LogP contribution in [0.4, 0.5) is 10.1 Å². The predicted octanol–water partition coefficient (Wildman–Crippen LogP) is 7.72. The quantitative estimate of drug-likeness (QED) is 0.320. The molecular weight excluding hydrogens is 530 g/mol. The van der Waals surface area contributed by atoms with Gasteiger partial charge >= 0.3 is 5.97 Å². The van der Waals surface area contributed by atoms with Gasteiger partial charge in [0.2, 0.25) is 0 Å². The van der Waals surface area contributed by atoms with Gasteiger partial charge in [0.05, 0.1) is 28.3 Å². The zero-order valence-corrected chi connectivity index (χ0v) is 22.4. The number of aromatic carboxylic acids is 1. The van der Waals surface area contributed by atoms with Gasteiger partial charge in [-0.25, -0.2) is 9.18 Å². The monoisotopic (exact) mass is 558 g/mol. The Hall–Kier alpha value is -2.61. The summed E-state index contributed by atoms with van der Waals surface area (Å²) in [7, 11) is 0. The van der Waals surface area contributed by atoms with Crippen LogP contribution >= 0.6 is 23.2 Å². The van der Waals surface area contributed by atoms with E-state index in [0.29, 0.717) is 39.5 Å². The average Bonchev–Trinajstić information content (AvgIpc) is 3.53. The number of ether oxygens (including phenoxy) is 1. The lowest BCUT2D eigenvalue weighted by molar-refractivity contribution is -0.00883. The number of carboxylic acids is 1. The van der Waals surface area contributed by atoms with Crippen LogP contribution in [0.15, 0.2) is 40.9 Å². The van der Waals surface area contributed by atoms with Crippen molar-refractivity contribution in [2.45, 2.75) is 63.6 Å². The molecule has 0 radical (unpaired) electrons. The molecular formula is C29H29Cl2FN2O4. The number of nitrogens with zero attached hydrogens (tertiary/aromatic N) is 2. The summed E-state index contributed by atoms with van der Waals surface area (Å²) in [5.74, 6) is -0.380. The smallest absolute Gasteiger partial charge is 0.335 e. The van der Waals surface area contributed by atoms with E-state index in [1.165, 1.54) is 6.07 Å². The van der Waals surface area contributed by atoms with Crippen molar-refractivity contribution < 1.29 is 23.6 Å². The van der Waals surface area contributed by atoms with Gasteiger partial charge in [-0.2, -0.15) is 0 Å². The van der Waals surface area contributed by atoms with Crippen LogP contribution in [0, 0.1) is 11.2 Å². The number of aromatic nitrogens is 1. The van der Waals surface area contributed by atoms with Gasteiger partial charge in [-0.15, -0.1) is 0 Å². The van der Waals surface area contributed by atoms with E-state index in [2.05, 4.69) is 10.1 Å². The molecule has 9 heteroatoms. The fraction of sp³-hybridized carbons (Fsp3) is 0.448. The number of anilines is 1. The van der Waals surface area contributed by atoms with Crippen LogP contribution in [-0.4, -0.2) is 35.4 Å². The maximum atomic E-state index is 14.1. The normalized spacial score (nSPS) is 23.3. The second-order valence-electron chi connectivity index (χ2n) is 10.9. The topological polar surface area (TPSA) is 75.8 Å². The summed E-state index contributed by atoms with van der Waals surface area (Å²) in [6, 6.07) is 9.48. The first-order valence-corrected chi connectivity index (χ1v) is 13.9. The number of benzene rings is 2. The standard InChI is InChI=1S/C29H29Cl2FN2O4/c30-23-2-1-3-24(31)25(23)26-22(27(38-33-26)17-4-5-17)15-37-21-6-8-29(9-7-21)10-11-34(16-29)20-13-18(28(35)36)12-19(32)14-20/h1-3,12-14,17,21H,4-11,15-16H2,(H,35,36). The van der Waals surface area contributed by atoms with Gasteiger partial charge in [-0.3, -0.25) is 0 Å². The summed E-state index contributed by atoms with van der Waals surface area (Å²) >= 11 is 13.0. The van der Waals surface area contributed by atoms with Crippen molar-refractivity contribution >= 4 is 34.9 Å². The fourth-order valence-corrected chi connectivity index (χ4v) is 6.64. The molecule has 1 aromatic heterocycles. The highest BCUT2D eigenvalue weighted by molar-refractivity contribution is 6.39. The predicted molar refractivity (Wildman–Crippen MR) is 144 cm³/mol. The summed E-state index contributed by atoms with van der Waals surface area (Å²) in [5.41, 5.74) is 3.05. The lowest BCUT2D eigenvalue weighted by atomic mass is 9.72. The third-order valence-electron chi connectivity index (χ3n) is 8.36. The summed E-state index contributed by atoms with van der Waals surface area (Å²) < 4.78 is 26.3. The Kier molecular flexibility index (Phi) is 6.87. The summed E-state index contributed by atoms with van der Waals surface area (Å²) in [6.07, 6.45) is 7.19. The highest BCUT2D eigenvalue weighted by atomic mass is 35.5. The Labute approximate surface area is 230 Å². The number of halogens is 3. The molecule has 2 heterocycles. The molecule has 3 fully saturated rings. The number of carboxylic acid groups (broad SMARTS) is 1. The van der Waals surface area contributed by atoms with Crippen molar-refractivity contribution in [1.29, 1.82) is 0 Å². The molecule has 3 aliphatic rings. The molecule has 0 bridgehead atoms. The molecule has 2 saturated carbocycles. The first-order valence-electron chi connectivity index (χ1n) is 13.2. The van der Waals surface area contributed by atoms with E-state index in [9.17, 15) is 14.3 Å². The van der Waals surface area contributed by atoms with E-state index in [-0.39, 0.29) is 17.1 Å². The van der Waals surface area contributed by atoms with E-state index < -0.39 is 11.8 Å². The SMILES string of the molecule is O=C(O)c1cc(F)cc(N2CCC3(CCC(OCc4c(-c5c(Cl)cccc5Cl)noc4C4CC4)CC3)C2)c1. The molecule has 1 spiro atoms. The van der Waals surface area contributed by atoms with Crippen LogP contribution in [0.5, 0.6) is 0 Å². The second kappa shape index (κ2) is 10.2. The van der Waals surface area contributed by atoms with E-state index in [0.717, 1.165) is 75.4 Å². The summed E-state index contributed by atoms with van der Waals surface area (Å²) in [4.78, 5) is 13.5. The number of rotatable bonds is 7. The molecule has 3 aromatic rings. The van der Waals surface area contributed by atoms with Crippen LogP contribution in [0.25, 0.3) is 11.3 Å². The molecule has 0 amide bonds. The molecule has 1 aliphatic heterocycles. The molecule has 0 atom stereocenters. The molecule has 1 N–H and O–H groups in total. The zero-order valence-electron chi connectivity index (χ0n) is 20.9. The Bertz CT molecular complexity index is 1340. The first kappa shape index (κ1) is 25.7. The molecule has 2 aromatic carbocycles. The molecule has 2 aliphatic carbocycles. The third kappa shape index (κ3) is 5.04. The third-order valence-corrected chi connectivity index (χ3v) is 8.99. The number of hydrogen-bond donors (Lipinski definition) is 1. The van der Waals surface area contributed by atoms with Crippen LogP contribution in [-0.2, 0) is 11.3 Å². The van der Waals surface area contributed by atoms with Crippen molar-refractivity contribution in [3.8, 4) is 11.3 Å². The summed E-state index contributed by atoms with van der Waals surface area (Å²) in [6.45, 7) is 1.99. The highest BCUT2D eigenvalue weighted by Gasteiger charge is 2.42. The van der Waals surface area contributed by atoms with E-state index in [4.69, 9.17) is 32.5 Å². The van der Waals surface area contributed by atoms with E-state index >= 15 is 0 Å². The van der Waals surface area contributed by atoms with Crippen molar-refractivity contribution in [1.82, 2.24) is 5.16 Å². The number of hydrogen-bond acceptors (Lipinski definition) is 5. The van der Waals surface area contributed by atoms with Crippen LogP contribution in [0.2, 0.25) is 10.0 Å². The van der Waals surface area contributed by atoms with Gasteiger partial charge in [0, 0.05) is 35.8 Å².